The molecule has 1 aromatic rings. The molecule has 110 valence electrons. The Bertz CT molecular complexity index is 448. The Morgan fingerprint density at radius 1 is 1.30 bits per heavy atom. The zero-order chi connectivity index (χ0) is 13.9. The first kappa shape index (κ1) is 13.8. The number of piperazine rings is 1. The van der Waals surface area contributed by atoms with E-state index in [1.54, 1.807) is 0 Å². The molecule has 0 aliphatic carbocycles. The third kappa shape index (κ3) is 3.10. The van der Waals surface area contributed by atoms with Gasteiger partial charge in [-0.1, -0.05) is 13.8 Å². The van der Waals surface area contributed by atoms with Crippen molar-refractivity contribution in [1.29, 1.82) is 0 Å². The van der Waals surface area contributed by atoms with Crippen LogP contribution in [0.1, 0.15) is 32.4 Å². The first-order chi connectivity index (χ1) is 9.72. The quantitative estimate of drug-likeness (QED) is 0.896. The number of hydrogen-bond acceptors (Lipinski definition) is 5. The van der Waals surface area contributed by atoms with Crippen LogP contribution in [-0.2, 0) is 6.54 Å². The average Bonchev–Trinajstić information content (AvgIpc) is 2.93. The molecule has 0 bridgehead atoms. The summed E-state index contributed by atoms with van der Waals surface area (Å²) in [5.74, 6) is 1.04. The van der Waals surface area contributed by atoms with E-state index >= 15 is 0 Å². The number of aromatic nitrogens is 2. The molecule has 0 radical (unpaired) electrons. The second-order valence-corrected chi connectivity index (χ2v) is 6.18. The minimum atomic E-state index is 0.475. The lowest BCUT2D eigenvalue weighted by atomic mass is 10.1. The van der Waals surface area contributed by atoms with E-state index in [0.29, 0.717) is 6.04 Å². The first-order valence-corrected chi connectivity index (χ1v) is 7.75. The van der Waals surface area contributed by atoms with Crippen LogP contribution in [0, 0.1) is 0 Å². The molecular weight excluding hydrogens is 250 g/mol. The van der Waals surface area contributed by atoms with Gasteiger partial charge in [-0.25, -0.2) is 4.98 Å². The summed E-state index contributed by atoms with van der Waals surface area (Å²) in [6, 6.07) is 1.20. The van der Waals surface area contributed by atoms with Gasteiger partial charge >= 0.3 is 0 Å². The molecule has 3 rings (SSSR count). The fourth-order valence-corrected chi connectivity index (χ4v) is 3.14. The number of hydrogen-bond donors (Lipinski definition) is 1. The Hall–Kier alpha value is -1.20. The molecule has 0 spiro atoms. The third-order valence-electron chi connectivity index (χ3n) is 4.27. The SMILES string of the molecule is CC(C)NCc1cncc(N2CCN3CCCC3C2)n1. The van der Waals surface area contributed by atoms with E-state index in [4.69, 9.17) is 4.98 Å². The summed E-state index contributed by atoms with van der Waals surface area (Å²) in [6.45, 7) is 9.72. The summed E-state index contributed by atoms with van der Waals surface area (Å²) < 4.78 is 0. The molecule has 1 atom stereocenters. The Labute approximate surface area is 121 Å². The van der Waals surface area contributed by atoms with Crippen molar-refractivity contribution in [3.8, 4) is 0 Å². The van der Waals surface area contributed by atoms with Gasteiger partial charge in [0.25, 0.3) is 0 Å². The molecule has 2 aliphatic heterocycles. The van der Waals surface area contributed by atoms with Crippen LogP contribution in [-0.4, -0.2) is 53.1 Å². The lowest BCUT2D eigenvalue weighted by Crippen LogP contribution is -2.50. The summed E-state index contributed by atoms with van der Waals surface area (Å²) in [5.41, 5.74) is 1.03. The average molecular weight is 275 g/mol. The van der Waals surface area contributed by atoms with Crippen LogP contribution in [0.4, 0.5) is 5.82 Å². The smallest absolute Gasteiger partial charge is 0.147 e. The zero-order valence-corrected chi connectivity index (χ0v) is 12.5. The first-order valence-electron chi connectivity index (χ1n) is 7.75. The van der Waals surface area contributed by atoms with Crippen molar-refractivity contribution in [1.82, 2.24) is 20.2 Å². The molecule has 1 N–H and O–H groups in total. The summed E-state index contributed by atoms with van der Waals surface area (Å²) in [5, 5.41) is 3.40. The molecule has 0 saturated carbocycles. The maximum atomic E-state index is 4.76. The minimum Gasteiger partial charge on any atom is -0.352 e. The van der Waals surface area contributed by atoms with E-state index in [-0.39, 0.29) is 0 Å². The highest BCUT2D eigenvalue weighted by Crippen LogP contribution is 2.24. The fourth-order valence-electron chi connectivity index (χ4n) is 3.14. The van der Waals surface area contributed by atoms with Crippen molar-refractivity contribution >= 4 is 5.82 Å². The molecule has 2 saturated heterocycles. The predicted octanol–water partition coefficient (Wildman–Crippen LogP) is 1.26. The van der Waals surface area contributed by atoms with Crippen LogP contribution >= 0.6 is 0 Å². The van der Waals surface area contributed by atoms with Crippen LogP contribution in [0.3, 0.4) is 0 Å². The van der Waals surface area contributed by atoms with Crippen LogP contribution in [0.15, 0.2) is 12.4 Å². The van der Waals surface area contributed by atoms with Crippen LogP contribution in [0.5, 0.6) is 0 Å². The molecular formula is C15H25N5. The van der Waals surface area contributed by atoms with Gasteiger partial charge in [0.2, 0.25) is 0 Å². The summed E-state index contributed by atoms with van der Waals surface area (Å²) in [4.78, 5) is 14.2. The lowest BCUT2D eigenvalue weighted by Gasteiger charge is -2.38. The van der Waals surface area contributed by atoms with Gasteiger partial charge in [0.05, 0.1) is 11.9 Å². The Morgan fingerprint density at radius 3 is 3.05 bits per heavy atom. The van der Waals surface area contributed by atoms with Crippen molar-refractivity contribution in [2.45, 2.75) is 45.3 Å². The van der Waals surface area contributed by atoms with E-state index in [1.165, 1.54) is 25.9 Å². The minimum absolute atomic E-state index is 0.475. The highest BCUT2D eigenvalue weighted by Gasteiger charge is 2.31. The normalized spacial score (nSPS) is 23.4. The lowest BCUT2D eigenvalue weighted by molar-refractivity contribution is 0.230. The molecule has 5 heteroatoms. The van der Waals surface area contributed by atoms with E-state index in [9.17, 15) is 0 Å². The molecule has 0 aromatic carbocycles. The van der Waals surface area contributed by atoms with E-state index in [2.05, 4.69) is 33.9 Å². The van der Waals surface area contributed by atoms with Gasteiger partial charge in [-0.2, -0.15) is 0 Å². The van der Waals surface area contributed by atoms with Gasteiger partial charge in [-0.3, -0.25) is 9.88 Å². The molecule has 2 fully saturated rings. The molecule has 3 heterocycles. The van der Waals surface area contributed by atoms with Gasteiger partial charge in [-0.15, -0.1) is 0 Å². The van der Waals surface area contributed by atoms with Gasteiger partial charge in [0.1, 0.15) is 5.82 Å². The van der Waals surface area contributed by atoms with Crippen LogP contribution in [0.2, 0.25) is 0 Å². The van der Waals surface area contributed by atoms with Crippen molar-refractivity contribution < 1.29 is 0 Å². The number of nitrogens with one attached hydrogen (secondary N) is 1. The predicted molar refractivity (Wildman–Crippen MR) is 80.8 cm³/mol. The van der Waals surface area contributed by atoms with E-state index in [1.807, 2.05) is 12.4 Å². The number of rotatable bonds is 4. The number of anilines is 1. The van der Waals surface area contributed by atoms with E-state index < -0.39 is 0 Å². The van der Waals surface area contributed by atoms with Gasteiger partial charge in [0, 0.05) is 44.5 Å². The van der Waals surface area contributed by atoms with Crippen molar-refractivity contribution in [2.24, 2.45) is 0 Å². The molecule has 1 unspecified atom stereocenters. The highest BCUT2D eigenvalue weighted by atomic mass is 15.3. The fraction of sp³-hybridized carbons (Fsp3) is 0.733. The summed E-state index contributed by atoms with van der Waals surface area (Å²) in [6.07, 6.45) is 6.45. The second kappa shape index (κ2) is 6.06. The summed E-state index contributed by atoms with van der Waals surface area (Å²) >= 11 is 0. The Morgan fingerprint density at radius 2 is 2.20 bits per heavy atom. The molecule has 1 aromatic heterocycles. The van der Waals surface area contributed by atoms with Gasteiger partial charge < -0.3 is 10.2 Å². The van der Waals surface area contributed by atoms with Gasteiger partial charge in [-0.05, 0) is 19.4 Å². The number of nitrogens with zero attached hydrogens (tertiary/aromatic N) is 4. The number of fused-ring (bicyclic) bond motifs is 1. The Kier molecular flexibility index (Phi) is 4.17. The third-order valence-corrected chi connectivity index (χ3v) is 4.27. The Balaban J connectivity index is 1.65. The zero-order valence-electron chi connectivity index (χ0n) is 12.5. The standard InChI is InChI=1S/C15H25N5/c1-12(2)17-9-13-8-16-10-15(18-13)20-7-6-19-5-3-4-14(19)11-20/h8,10,12,14,17H,3-7,9,11H2,1-2H3. The molecule has 2 aliphatic rings. The second-order valence-electron chi connectivity index (χ2n) is 6.18. The van der Waals surface area contributed by atoms with E-state index in [0.717, 1.165) is 37.2 Å². The monoisotopic (exact) mass is 275 g/mol. The summed E-state index contributed by atoms with van der Waals surface area (Å²) in [7, 11) is 0. The van der Waals surface area contributed by atoms with Crippen LogP contribution in [0.25, 0.3) is 0 Å². The maximum absolute atomic E-state index is 4.76. The highest BCUT2D eigenvalue weighted by molar-refractivity contribution is 5.37. The van der Waals surface area contributed by atoms with Crippen molar-refractivity contribution in [3.63, 3.8) is 0 Å². The molecule has 0 amide bonds. The molecule has 5 nitrogen and oxygen atoms in total. The van der Waals surface area contributed by atoms with Crippen molar-refractivity contribution in [2.75, 3.05) is 31.1 Å². The maximum Gasteiger partial charge on any atom is 0.147 e. The van der Waals surface area contributed by atoms with Gasteiger partial charge in [0.15, 0.2) is 0 Å². The topological polar surface area (TPSA) is 44.3 Å². The molecule has 20 heavy (non-hydrogen) atoms. The largest absolute Gasteiger partial charge is 0.352 e. The van der Waals surface area contributed by atoms with Crippen LogP contribution < -0.4 is 10.2 Å². The van der Waals surface area contributed by atoms with Crippen molar-refractivity contribution in [3.05, 3.63) is 18.1 Å².